The maximum atomic E-state index is 12.6. The largest absolute Gasteiger partial charge is 0.453 e. The number of likely N-dealkylation sites (tertiary alicyclic amines) is 1. The predicted octanol–water partition coefficient (Wildman–Crippen LogP) is 3.53. The van der Waals surface area contributed by atoms with Gasteiger partial charge in [-0.1, -0.05) is 30.3 Å². The number of hydrogen-bond acceptors (Lipinski definition) is 4. The summed E-state index contributed by atoms with van der Waals surface area (Å²) in [4.78, 5) is 26.3. The highest BCUT2D eigenvalue weighted by Gasteiger charge is 2.55. The Morgan fingerprint density at radius 2 is 1.81 bits per heavy atom. The Balaban J connectivity index is 1.31. The third-order valence-electron chi connectivity index (χ3n) is 6.45. The monoisotopic (exact) mass is 357 g/mol. The first-order chi connectivity index (χ1) is 12.7. The van der Waals surface area contributed by atoms with Crippen LogP contribution in [0.5, 0.6) is 0 Å². The summed E-state index contributed by atoms with van der Waals surface area (Å²) >= 11 is 0. The SMILES string of the molecule is COC(=O)N1C2CCC2C(=O)[C@@H]1COC1CCC(c2ccccc2)CC1. The van der Waals surface area contributed by atoms with Gasteiger partial charge in [0.05, 0.1) is 19.8 Å². The molecule has 2 aliphatic carbocycles. The molecule has 5 heteroatoms. The van der Waals surface area contributed by atoms with E-state index in [9.17, 15) is 9.59 Å². The number of fused-ring (bicyclic) bond motifs is 1. The average molecular weight is 357 g/mol. The van der Waals surface area contributed by atoms with Crippen LogP contribution in [0.4, 0.5) is 4.79 Å². The molecular formula is C21H27NO4. The van der Waals surface area contributed by atoms with Gasteiger partial charge in [-0.25, -0.2) is 4.79 Å². The summed E-state index contributed by atoms with van der Waals surface area (Å²) in [5.74, 6) is 0.757. The molecule has 0 aromatic heterocycles. The zero-order valence-corrected chi connectivity index (χ0v) is 15.3. The minimum atomic E-state index is -0.466. The second-order valence-electron chi connectivity index (χ2n) is 7.76. The number of methoxy groups -OCH3 is 1. The van der Waals surface area contributed by atoms with Gasteiger partial charge in [-0.15, -0.1) is 0 Å². The predicted molar refractivity (Wildman–Crippen MR) is 96.9 cm³/mol. The highest BCUT2D eigenvalue weighted by Crippen LogP contribution is 2.42. The van der Waals surface area contributed by atoms with E-state index in [0.717, 1.165) is 38.5 Å². The Labute approximate surface area is 154 Å². The summed E-state index contributed by atoms with van der Waals surface area (Å²) in [5.41, 5.74) is 1.41. The molecule has 5 nitrogen and oxygen atoms in total. The van der Waals surface area contributed by atoms with E-state index in [0.29, 0.717) is 12.5 Å². The van der Waals surface area contributed by atoms with Gasteiger partial charge in [0.15, 0.2) is 5.78 Å². The fourth-order valence-electron chi connectivity index (χ4n) is 4.81. The summed E-state index contributed by atoms with van der Waals surface area (Å²) in [6.07, 6.45) is 5.79. The molecule has 1 aliphatic heterocycles. The number of amides is 1. The smallest absolute Gasteiger partial charge is 0.410 e. The topological polar surface area (TPSA) is 55.8 Å². The van der Waals surface area contributed by atoms with Crippen molar-refractivity contribution in [3.8, 4) is 0 Å². The molecule has 1 aromatic rings. The van der Waals surface area contributed by atoms with Gasteiger partial charge in [0.2, 0.25) is 0 Å². The summed E-state index contributed by atoms with van der Waals surface area (Å²) < 4.78 is 11.0. The molecule has 3 atom stereocenters. The van der Waals surface area contributed by atoms with Gasteiger partial charge in [-0.3, -0.25) is 9.69 Å². The Morgan fingerprint density at radius 3 is 2.42 bits per heavy atom. The molecule has 2 unspecified atom stereocenters. The van der Waals surface area contributed by atoms with E-state index < -0.39 is 12.1 Å². The minimum Gasteiger partial charge on any atom is -0.453 e. The molecule has 0 bridgehead atoms. The van der Waals surface area contributed by atoms with Crippen LogP contribution in [-0.4, -0.2) is 48.7 Å². The summed E-state index contributed by atoms with van der Waals surface area (Å²) in [5, 5.41) is 0. The van der Waals surface area contributed by atoms with Crippen LogP contribution >= 0.6 is 0 Å². The van der Waals surface area contributed by atoms with Crippen LogP contribution in [0.3, 0.4) is 0 Å². The lowest BCUT2D eigenvalue weighted by Crippen LogP contribution is -2.47. The van der Waals surface area contributed by atoms with E-state index in [-0.39, 0.29) is 23.8 Å². The summed E-state index contributed by atoms with van der Waals surface area (Å²) in [7, 11) is 1.38. The standard InChI is InChI=1S/C21H27NO4/c1-25-21(24)22-18-12-11-17(18)20(23)19(22)13-26-16-9-7-15(8-10-16)14-5-3-2-4-6-14/h2-6,15-19H,7-13H2,1H3/t15?,16?,17?,18?,19-/m0/s1. The van der Waals surface area contributed by atoms with Crippen molar-refractivity contribution in [3.63, 3.8) is 0 Å². The van der Waals surface area contributed by atoms with Crippen LogP contribution in [0.15, 0.2) is 30.3 Å². The van der Waals surface area contributed by atoms with Crippen LogP contribution in [-0.2, 0) is 14.3 Å². The van der Waals surface area contributed by atoms with Crippen molar-refractivity contribution in [2.24, 2.45) is 5.92 Å². The molecular weight excluding hydrogens is 330 g/mol. The Morgan fingerprint density at radius 1 is 1.08 bits per heavy atom. The quantitative estimate of drug-likeness (QED) is 0.827. The van der Waals surface area contributed by atoms with Crippen LogP contribution < -0.4 is 0 Å². The highest BCUT2D eigenvalue weighted by atomic mass is 16.5. The maximum Gasteiger partial charge on any atom is 0.410 e. The van der Waals surface area contributed by atoms with Crippen molar-refractivity contribution in [2.45, 2.75) is 62.6 Å². The molecule has 0 N–H and O–H groups in total. The van der Waals surface area contributed by atoms with Gasteiger partial charge in [0.25, 0.3) is 0 Å². The van der Waals surface area contributed by atoms with Crippen LogP contribution in [0, 0.1) is 5.92 Å². The van der Waals surface area contributed by atoms with Crippen molar-refractivity contribution in [2.75, 3.05) is 13.7 Å². The second-order valence-corrected chi connectivity index (χ2v) is 7.76. The number of Topliss-reactive ketones (excluding diaryl/α,β-unsaturated/α-hetero) is 1. The van der Waals surface area contributed by atoms with Crippen molar-refractivity contribution in [1.82, 2.24) is 4.90 Å². The summed E-state index contributed by atoms with van der Waals surface area (Å²) in [6, 6.07) is 10.2. The van der Waals surface area contributed by atoms with Crippen molar-refractivity contribution >= 4 is 11.9 Å². The Kier molecular flexibility index (Phi) is 4.98. The Hall–Kier alpha value is -1.88. The van der Waals surface area contributed by atoms with Crippen molar-refractivity contribution in [3.05, 3.63) is 35.9 Å². The van der Waals surface area contributed by atoms with Gasteiger partial charge >= 0.3 is 6.09 Å². The molecule has 1 saturated heterocycles. The van der Waals surface area contributed by atoms with Crippen LogP contribution in [0.25, 0.3) is 0 Å². The molecule has 1 aromatic carbocycles. The number of hydrogen-bond donors (Lipinski definition) is 0. The van der Waals surface area contributed by atoms with E-state index in [2.05, 4.69) is 30.3 Å². The van der Waals surface area contributed by atoms with E-state index in [1.54, 1.807) is 4.90 Å². The first-order valence-corrected chi connectivity index (χ1v) is 9.75. The van der Waals surface area contributed by atoms with Gasteiger partial charge in [0, 0.05) is 12.0 Å². The maximum absolute atomic E-state index is 12.6. The number of carbonyl (C=O) groups is 2. The number of rotatable bonds is 4. The first-order valence-electron chi connectivity index (χ1n) is 9.75. The zero-order chi connectivity index (χ0) is 18.1. The third-order valence-corrected chi connectivity index (χ3v) is 6.45. The lowest BCUT2D eigenvalue weighted by Gasteiger charge is -2.35. The highest BCUT2D eigenvalue weighted by molar-refractivity contribution is 5.94. The Bertz CT molecular complexity index is 653. The first kappa shape index (κ1) is 17.5. The molecule has 2 saturated carbocycles. The van der Waals surface area contributed by atoms with Gasteiger partial charge < -0.3 is 9.47 Å². The molecule has 140 valence electrons. The minimum absolute atomic E-state index is 0.00323. The number of nitrogens with zero attached hydrogens (tertiary/aromatic N) is 1. The van der Waals surface area contributed by atoms with Crippen LogP contribution in [0.1, 0.15) is 50.0 Å². The van der Waals surface area contributed by atoms with Crippen molar-refractivity contribution < 1.29 is 19.1 Å². The third kappa shape index (κ3) is 3.13. The number of carbonyl (C=O) groups excluding carboxylic acids is 2. The molecule has 4 rings (SSSR count). The summed E-state index contributed by atoms with van der Waals surface area (Å²) in [6.45, 7) is 0.307. The van der Waals surface area contributed by atoms with Gasteiger partial charge in [-0.05, 0) is 50.0 Å². The fraction of sp³-hybridized carbons (Fsp3) is 0.619. The van der Waals surface area contributed by atoms with Gasteiger partial charge in [0.1, 0.15) is 6.04 Å². The van der Waals surface area contributed by atoms with Gasteiger partial charge in [-0.2, -0.15) is 0 Å². The number of benzene rings is 1. The molecule has 3 aliphatic rings. The number of ether oxygens (including phenoxy) is 2. The molecule has 0 radical (unpaired) electrons. The number of ketones is 1. The second kappa shape index (κ2) is 7.39. The molecule has 0 spiro atoms. The fourth-order valence-corrected chi connectivity index (χ4v) is 4.81. The zero-order valence-electron chi connectivity index (χ0n) is 15.3. The lowest BCUT2D eigenvalue weighted by atomic mass is 9.79. The molecule has 1 heterocycles. The van der Waals surface area contributed by atoms with E-state index in [1.807, 2.05) is 0 Å². The molecule has 3 fully saturated rings. The van der Waals surface area contributed by atoms with E-state index >= 15 is 0 Å². The van der Waals surface area contributed by atoms with Crippen LogP contribution in [0.2, 0.25) is 0 Å². The lowest BCUT2D eigenvalue weighted by molar-refractivity contribution is -0.125. The average Bonchev–Trinajstić information content (AvgIpc) is 2.85. The molecule has 1 amide bonds. The van der Waals surface area contributed by atoms with Crippen molar-refractivity contribution in [1.29, 1.82) is 0 Å². The molecule has 26 heavy (non-hydrogen) atoms. The van der Waals surface area contributed by atoms with E-state index in [1.165, 1.54) is 12.7 Å². The van der Waals surface area contributed by atoms with E-state index in [4.69, 9.17) is 9.47 Å². The normalized spacial score (nSPS) is 33.5.